The van der Waals surface area contributed by atoms with Gasteiger partial charge >= 0.3 is 0 Å². The summed E-state index contributed by atoms with van der Waals surface area (Å²) in [6.07, 6.45) is 1.31. The minimum atomic E-state index is -0.594. The molecule has 0 aliphatic carbocycles. The molecule has 0 saturated carbocycles. The third-order valence-corrected chi connectivity index (χ3v) is 2.79. The van der Waals surface area contributed by atoms with Gasteiger partial charge in [0.1, 0.15) is 5.82 Å². The molecule has 0 saturated heterocycles. The number of nitrogens with zero attached hydrogens (tertiary/aromatic N) is 2. The molecule has 0 bridgehead atoms. The molecule has 1 amide bonds. The van der Waals surface area contributed by atoms with Crippen LogP contribution in [0, 0.1) is 6.92 Å². The van der Waals surface area contributed by atoms with Gasteiger partial charge in [-0.3, -0.25) is 4.79 Å². The van der Waals surface area contributed by atoms with E-state index in [0.717, 1.165) is 5.56 Å². The highest BCUT2D eigenvalue weighted by atomic mass is 35.5. The zero-order chi connectivity index (χ0) is 13.8. The van der Waals surface area contributed by atoms with E-state index in [2.05, 4.69) is 15.3 Å². The normalized spacial score (nSPS) is 10.2. The Bertz CT molecular complexity index is 598. The number of aryl methyl sites for hydroxylation is 1. The van der Waals surface area contributed by atoms with E-state index in [0.29, 0.717) is 12.4 Å². The summed E-state index contributed by atoms with van der Waals surface area (Å²) in [6, 6.07) is 8.02. The van der Waals surface area contributed by atoms with E-state index in [9.17, 15) is 4.79 Å². The number of anilines is 1. The third kappa shape index (κ3) is 3.42. The van der Waals surface area contributed by atoms with Crippen LogP contribution in [0.3, 0.4) is 0 Å². The number of carbonyl (C=O) groups excluding carboxylic acids is 1. The highest BCUT2D eigenvalue weighted by molar-refractivity contribution is 6.28. The van der Waals surface area contributed by atoms with Gasteiger partial charge in [0.25, 0.3) is 5.91 Å². The van der Waals surface area contributed by atoms with Gasteiger partial charge in [0.15, 0.2) is 0 Å². The van der Waals surface area contributed by atoms with E-state index < -0.39 is 5.91 Å². The molecule has 3 N–H and O–H groups in total. The average molecular weight is 277 g/mol. The van der Waals surface area contributed by atoms with Crippen molar-refractivity contribution in [2.24, 2.45) is 5.73 Å². The van der Waals surface area contributed by atoms with Crippen molar-refractivity contribution in [3.05, 3.63) is 52.4 Å². The van der Waals surface area contributed by atoms with Crippen LogP contribution in [-0.4, -0.2) is 15.9 Å². The molecule has 1 aromatic carbocycles. The Balaban J connectivity index is 2.16. The lowest BCUT2D eigenvalue weighted by Crippen LogP contribution is -2.16. The highest BCUT2D eigenvalue weighted by Gasteiger charge is 2.11. The maximum Gasteiger partial charge on any atom is 0.254 e. The molecule has 0 unspecified atom stereocenters. The minimum absolute atomic E-state index is 0.0661. The molecular weight excluding hydrogens is 264 g/mol. The zero-order valence-corrected chi connectivity index (χ0v) is 11.1. The molecule has 1 aromatic heterocycles. The first-order chi connectivity index (χ1) is 9.06. The quantitative estimate of drug-likeness (QED) is 0.839. The molecule has 0 fully saturated rings. The maximum absolute atomic E-state index is 11.2. The number of amides is 1. The first-order valence-corrected chi connectivity index (χ1v) is 6.06. The van der Waals surface area contributed by atoms with E-state index in [1.807, 2.05) is 31.2 Å². The SMILES string of the molecule is Cc1ccc(CNc2nc(Cl)ncc2C(N)=O)cc1. The van der Waals surface area contributed by atoms with Crippen molar-refractivity contribution in [2.75, 3.05) is 5.32 Å². The van der Waals surface area contributed by atoms with Gasteiger partial charge in [0, 0.05) is 12.7 Å². The van der Waals surface area contributed by atoms with Gasteiger partial charge < -0.3 is 11.1 Å². The second kappa shape index (κ2) is 5.67. The summed E-state index contributed by atoms with van der Waals surface area (Å²) >= 11 is 5.71. The summed E-state index contributed by atoms with van der Waals surface area (Å²) in [5, 5.41) is 3.10. The molecule has 19 heavy (non-hydrogen) atoms. The van der Waals surface area contributed by atoms with Crippen LogP contribution in [0.25, 0.3) is 0 Å². The molecule has 2 aromatic rings. The second-order valence-corrected chi connectivity index (χ2v) is 4.44. The molecule has 1 heterocycles. The number of aromatic nitrogens is 2. The fraction of sp³-hybridized carbons (Fsp3) is 0.154. The van der Waals surface area contributed by atoms with Crippen molar-refractivity contribution in [2.45, 2.75) is 13.5 Å². The van der Waals surface area contributed by atoms with Crippen molar-refractivity contribution in [1.82, 2.24) is 9.97 Å². The number of primary amides is 1. The average Bonchev–Trinajstić information content (AvgIpc) is 2.38. The molecule has 0 aliphatic heterocycles. The van der Waals surface area contributed by atoms with Crippen LogP contribution in [0.1, 0.15) is 21.5 Å². The van der Waals surface area contributed by atoms with Crippen LogP contribution in [0.15, 0.2) is 30.5 Å². The van der Waals surface area contributed by atoms with Crippen LogP contribution < -0.4 is 11.1 Å². The summed E-state index contributed by atoms with van der Waals surface area (Å²) in [6.45, 7) is 2.54. The topological polar surface area (TPSA) is 80.9 Å². The maximum atomic E-state index is 11.2. The zero-order valence-electron chi connectivity index (χ0n) is 10.4. The first kappa shape index (κ1) is 13.3. The molecule has 0 aliphatic rings. The Hall–Kier alpha value is -2.14. The van der Waals surface area contributed by atoms with E-state index in [4.69, 9.17) is 17.3 Å². The Kier molecular flexibility index (Phi) is 3.97. The predicted molar refractivity (Wildman–Crippen MR) is 74.1 cm³/mol. The van der Waals surface area contributed by atoms with Crippen molar-refractivity contribution >= 4 is 23.3 Å². The Labute approximate surface area is 115 Å². The summed E-state index contributed by atoms with van der Waals surface area (Å²) in [5.41, 5.74) is 7.72. The summed E-state index contributed by atoms with van der Waals surface area (Å²) in [7, 11) is 0. The van der Waals surface area contributed by atoms with Crippen LogP contribution in [0.4, 0.5) is 5.82 Å². The lowest BCUT2D eigenvalue weighted by atomic mass is 10.1. The van der Waals surface area contributed by atoms with Crippen LogP contribution in [-0.2, 0) is 6.54 Å². The van der Waals surface area contributed by atoms with E-state index >= 15 is 0 Å². The smallest absolute Gasteiger partial charge is 0.254 e. The van der Waals surface area contributed by atoms with Crippen LogP contribution in [0.5, 0.6) is 0 Å². The van der Waals surface area contributed by atoms with E-state index in [1.54, 1.807) is 0 Å². The standard InChI is InChI=1S/C13H13ClN4O/c1-8-2-4-9(5-3-8)6-16-12-10(11(15)19)7-17-13(14)18-12/h2-5,7H,6H2,1H3,(H2,15,19)(H,16,17,18). The first-order valence-electron chi connectivity index (χ1n) is 5.68. The molecule has 0 radical (unpaired) electrons. The largest absolute Gasteiger partial charge is 0.365 e. The van der Waals surface area contributed by atoms with Gasteiger partial charge in [0.2, 0.25) is 5.28 Å². The Morgan fingerprint density at radius 3 is 2.68 bits per heavy atom. The van der Waals surface area contributed by atoms with E-state index in [1.165, 1.54) is 11.8 Å². The molecular formula is C13H13ClN4O. The number of nitrogens with two attached hydrogens (primary N) is 1. The molecule has 0 spiro atoms. The number of hydrogen-bond acceptors (Lipinski definition) is 4. The van der Waals surface area contributed by atoms with Gasteiger partial charge in [-0.25, -0.2) is 4.98 Å². The Morgan fingerprint density at radius 1 is 1.37 bits per heavy atom. The molecule has 6 heteroatoms. The minimum Gasteiger partial charge on any atom is -0.365 e. The fourth-order valence-electron chi connectivity index (χ4n) is 1.57. The van der Waals surface area contributed by atoms with Crippen LogP contribution >= 0.6 is 11.6 Å². The van der Waals surface area contributed by atoms with Gasteiger partial charge in [-0.2, -0.15) is 4.98 Å². The molecule has 98 valence electrons. The number of benzene rings is 1. The van der Waals surface area contributed by atoms with Gasteiger partial charge in [-0.15, -0.1) is 0 Å². The second-order valence-electron chi connectivity index (χ2n) is 4.10. The van der Waals surface area contributed by atoms with Crippen molar-refractivity contribution < 1.29 is 4.79 Å². The molecule has 2 rings (SSSR count). The number of nitrogens with one attached hydrogen (secondary N) is 1. The van der Waals surface area contributed by atoms with Gasteiger partial charge in [-0.05, 0) is 24.1 Å². The summed E-state index contributed by atoms with van der Waals surface area (Å²) in [4.78, 5) is 19.0. The predicted octanol–water partition coefficient (Wildman–Crippen LogP) is 2.15. The van der Waals surface area contributed by atoms with Crippen molar-refractivity contribution in [3.8, 4) is 0 Å². The lowest BCUT2D eigenvalue weighted by molar-refractivity contribution is 0.100. The van der Waals surface area contributed by atoms with Crippen molar-refractivity contribution in [1.29, 1.82) is 0 Å². The van der Waals surface area contributed by atoms with E-state index in [-0.39, 0.29) is 10.8 Å². The molecule has 5 nitrogen and oxygen atoms in total. The lowest BCUT2D eigenvalue weighted by Gasteiger charge is -2.09. The monoisotopic (exact) mass is 276 g/mol. The number of hydrogen-bond donors (Lipinski definition) is 2. The van der Waals surface area contributed by atoms with Crippen molar-refractivity contribution in [3.63, 3.8) is 0 Å². The number of halogens is 1. The summed E-state index contributed by atoms with van der Waals surface area (Å²) < 4.78 is 0. The van der Waals surface area contributed by atoms with Gasteiger partial charge in [-0.1, -0.05) is 29.8 Å². The third-order valence-electron chi connectivity index (χ3n) is 2.61. The number of rotatable bonds is 4. The number of carbonyl (C=O) groups is 1. The Morgan fingerprint density at radius 2 is 2.05 bits per heavy atom. The fourth-order valence-corrected chi connectivity index (χ4v) is 1.70. The summed E-state index contributed by atoms with van der Waals surface area (Å²) in [5.74, 6) is -0.254. The van der Waals surface area contributed by atoms with Gasteiger partial charge in [0.05, 0.1) is 5.56 Å². The van der Waals surface area contributed by atoms with Crippen LogP contribution in [0.2, 0.25) is 5.28 Å². The molecule has 0 atom stereocenters. The highest BCUT2D eigenvalue weighted by Crippen LogP contribution is 2.15.